The Morgan fingerprint density at radius 1 is 1.18 bits per heavy atom. The van der Waals surface area contributed by atoms with Gasteiger partial charge in [-0.15, -0.1) is 0 Å². The van der Waals surface area contributed by atoms with Crippen LogP contribution in [-0.4, -0.2) is 30.1 Å². The normalized spacial score (nSPS) is 22.3. The monoisotopic (exact) mass is 194 g/mol. The van der Waals surface area contributed by atoms with Crippen molar-refractivity contribution in [3.8, 4) is 0 Å². The fourth-order valence-electron chi connectivity index (χ4n) is 0.373. The average Bonchev–Trinajstić information content (AvgIpc) is 2.01. The van der Waals surface area contributed by atoms with Crippen LogP contribution in [0, 0.1) is 0 Å². The van der Waals surface area contributed by atoms with Crippen LogP contribution in [0.4, 0.5) is 17.6 Å². The summed E-state index contributed by atoms with van der Waals surface area (Å²) in [7, 11) is -4.96. The van der Waals surface area contributed by atoms with Crippen molar-refractivity contribution >= 4 is 7.37 Å². The van der Waals surface area contributed by atoms with Crippen molar-refractivity contribution in [1.29, 1.82) is 0 Å². The van der Waals surface area contributed by atoms with Crippen molar-refractivity contribution in [3.05, 3.63) is 0 Å². The minimum absolute atomic E-state index is 1.78. The van der Waals surface area contributed by atoms with Gasteiger partial charge in [0.2, 0.25) is 11.8 Å². The highest BCUT2D eigenvalue weighted by Crippen LogP contribution is 2.52. The highest BCUT2D eigenvalue weighted by molar-refractivity contribution is 7.59. The number of halogens is 4. The summed E-state index contributed by atoms with van der Waals surface area (Å²) in [5.41, 5.74) is 0. The smallest absolute Gasteiger partial charge is 0.272 e. The molecule has 0 bridgehead atoms. The molecule has 0 aromatic rings. The SMILES string of the molecule is O=P(O)(C(F)CF)C(F)CF. The van der Waals surface area contributed by atoms with E-state index in [-0.39, 0.29) is 0 Å². The first-order valence-corrected chi connectivity index (χ1v) is 4.48. The summed E-state index contributed by atoms with van der Waals surface area (Å²) in [5.74, 6) is -5.65. The lowest BCUT2D eigenvalue weighted by atomic mass is 10.8. The van der Waals surface area contributed by atoms with Gasteiger partial charge in [-0.1, -0.05) is 0 Å². The Hall–Kier alpha value is -0.0900. The summed E-state index contributed by atoms with van der Waals surface area (Å²) in [6.45, 7) is -3.57. The molecule has 0 aliphatic carbocycles. The van der Waals surface area contributed by atoms with Crippen LogP contribution in [0.3, 0.4) is 0 Å². The summed E-state index contributed by atoms with van der Waals surface area (Å²) in [4.78, 5) is 8.38. The molecule has 7 heteroatoms. The number of rotatable bonds is 4. The molecule has 0 spiro atoms. The topological polar surface area (TPSA) is 37.3 Å². The predicted molar refractivity (Wildman–Crippen MR) is 31.6 cm³/mol. The maximum Gasteiger partial charge on any atom is 0.272 e. The summed E-state index contributed by atoms with van der Waals surface area (Å²) >= 11 is 0. The number of hydrogen-bond donors (Lipinski definition) is 1. The molecule has 0 saturated heterocycles. The van der Waals surface area contributed by atoms with Crippen LogP contribution >= 0.6 is 7.37 Å². The molecule has 0 rings (SSSR count). The predicted octanol–water partition coefficient (Wildman–Crippen LogP) is 1.79. The van der Waals surface area contributed by atoms with Crippen molar-refractivity contribution in [1.82, 2.24) is 0 Å². The third kappa shape index (κ3) is 2.45. The van der Waals surface area contributed by atoms with E-state index in [0.29, 0.717) is 0 Å². The Morgan fingerprint density at radius 3 is 1.64 bits per heavy atom. The molecule has 2 unspecified atom stereocenters. The minimum atomic E-state index is -4.96. The zero-order valence-corrected chi connectivity index (χ0v) is 6.28. The Morgan fingerprint density at radius 2 is 1.45 bits per heavy atom. The fourth-order valence-corrected chi connectivity index (χ4v) is 1.12. The first-order chi connectivity index (χ1) is 4.96. The molecular formula is C4H7F4O2P. The maximum absolute atomic E-state index is 12.1. The molecule has 1 N–H and O–H groups in total. The highest BCUT2D eigenvalue weighted by Gasteiger charge is 2.40. The first kappa shape index (κ1) is 10.9. The van der Waals surface area contributed by atoms with Gasteiger partial charge in [-0.3, -0.25) is 4.57 Å². The van der Waals surface area contributed by atoms with E-state index in [9.17, 15) is 22.1 Å². The second-order valence-corrected chi connectivity index (χ2v) is 4.32. The van der Waals surface area contributed by atoms with Gasteiger partial charge in [0.1, 0.15) is 13.3 Å². The second kappa shape index (κ2) is 4.07. The average molecular weight is 194 g/mol. The quantitative estimate of drug-likeness (QED) is 0.547. The van der Waals surface area contributed by atoms with E-state index in [1.165, 1.54) is 0 Å². The minimum Gasteiger partial charge on any atom is -0.340 e. The van der Waals surface area contributed by atoms with Gasteiger partial charge >= 0.3 is 0 Å². The molecule has 0 heterocycles. The van der Waals surface area contributed by atoms with E-state index >= 15 is 0 Å². The van der Waals surface area contributed by atoms with Crippen molar-refractivity contribution in [3.63, 3.8) is 0 Å². The molecule has 0 aliphatic rings. The van der Waals surface area contributed by atoms with Gasteiger partial charge in [0, 0.05) is 0 Å². The van der Waals surface area contributed by atoms with Gasteiger partial charge in [0.25, 0.3) is 7.37 Å². The summed E-state index contributed by atoms with van der Waals surface area (Å²) in [6.07, 6.45) is 0. The molecule has 0 radical (unpaired) electrons. The Kier molecular flexibility index (Phi) is 4.03. The molecule has 0 saturated carbocycles. The lowest BCUT2D eigenvalue weighted by Gasteiger charge is -2.14. The summed E-state index contributed by atoms with van der Waals surface area (Å²) in [5, 5.41) is 0. The third-order valence-corrected chi connectivity index (χ3v) is 2.94. The van der Waals surface area contributed by atoms with Gasteiger partial charge < -0.3 is 4.89 Å². The standard InChI is InChI=1S/C4H7F4O2P/c5-1-3(7)11(9,10)4(8)2-6/h3-4H,1-2H2,(H,9,10). The molecule has 0 aromatic carbocycles. The Labute approximate surface area is 60.7 Å². The van der Waals surface area contributed by atoms with Crippen LogP contribution in [0.5, 0.6) is 0 Å². The van der Waals surface area contributed by atoms with E-state index in [1.54, 1.807) is 0 Å². The van der Waals surface area contributed by atoms with Crippen LogP contribution in [-0.2, 0) is 4.57 Å². The van der Waals surface area contributed by atoms with Crippen molar-refractivity contribution < 1.29 is 27.0 Å². The van der Waals surface area contributed by atoms with Crippen molar-refractivity contribution in [2.45, 2.75) is 11.8 Å². The van der Waals surface area contributed by atoms with E-state index in [4.69, 9.17) is 4.89 Å². The van der Waals surface area contributed by atoms with Gasteiger partial charge in [-0.25, -0.2) is 17.6 Å². The zero-order chi connectivity index (χ0) is 9.07. The van der Waals surface area contributed by atoms with E-state index < -0.39 is 32.5 Å². The number of hydrogen-bond acceptors (Lipinski definition) is 1. The summed E-state index contributed by atoms with van der Waals surface area (Å²) in [6, 6.07) is 0. The zero-order valence-electron chi connectivity index (χ0n) is 5.38. The molecule has 0 aliphatic heterocycles. The molecular weight excluding hydrogens is 187 g/mol. The number of alkyl halides is 4. The van der Waals surface area contributed by atoms with E-state index in [2.05, 4.69) is 0 Å². The van der Waals surface area contributed by atoms with E-state index in [1.807, 2.05) is 0 Å². The van der Waals surface area contributed by atoms with Crippen LogP contribution in [0.15, 0.2) is 0 Å². The molecule has 0 amide bonds. The molecule has 2 nitrogen and oxygen atoms in total. The van der Waals surface area contributed by atoms with Gasteiger partial charge in [0.05, 0.1) is 0 Å². The van der Waals surface area contributed by atoms with Gasteiger partial charge in [-0.05, 0) is 0 Å². The molecule has 0 fully saturated rings. The molecule has 0 aromatic heterocycles. The Balaban J connectivity index is 4.32. The lowest BCUT2D eigenvalue weighted by Crippen LogP contribution is -2.14. The molecule has 2 atom stereocenters. The second-order valence-electron chi connectivity index (χ2n) is 1.85. The van der Waals surface area contributed by atoms with Gasteiger partial charge in [0.15, 0.2) is 0 Å². The van der Waals surface area contributed by atoms with Crippen molar-refractivity contribution in [2.24, 2.45) is 0 Å². The first-order valence-electron chi connectivity index (χ1n) is 2.69. The fraction of sp³-hybridized carbons (Fsp3) is 1.00. The van der Waals surface area contributed by atoms with Crippen LogP contribution in [0.2, 0.25) is 0 Å². The Bertz CT molecular complexity index is 150. The van der Waals surface area contributed by atoms with Crippen LogP contribution < -0.4 is 0 Å². The van der Waals surface area contributed by atoms with Crippen LogP contribution in [0.25, 0.3) is 0 Å². The highest BCUT2D eigenvalue weighted by atomic mass is 31.2. The maximum atomic E-state index is 12.1. The van der Waals surface area contributed by atoms with E-state index in [0.717, 1.165) is 0 Å². The third-order valence-electron chi connectivity index (χ3n) is 1.06. The largest absolute Gasteiger partial charge is 0.340 e. The van der Waals surface area contributed by atoms with Crippen molar-refractivity contribution in [2.75, 3.05) is 13.3 Å². The van der Waals surface area contributed by atoms with Gasteiger partial charge in [-0.2, -0.15) is 0 Å². The molecule has 68 valence electrons. The van der Waals surface area contributed by atoms with Crippen LogP contribution in [0.1, 0.15) is 0 Å². The molecule has 11 heavy (non-hydrogen) atoms. The summed E-state index contributed by atoms with van der Waals surface area (Å²) < 4.78 is 57.3. The lowest BCUT2D eigenvalue weighted by molar-refractivity contribution is 0.259.